The first-order valence-electron chi connectivity index (χ1n) is 7.56. The molecule has 1 aromatic rings. The molecule has 2 aliphatic rings. The van der Waals surface area contributed by atoms with Gasteiger partial charge in [0.15, 0.2) is 0 Å². The van der Waals surface area contributed by atoms with Crippen molar-refractivity contribution in [2.45, 2.75) is 44.2 Å². The maximum Gasteiger partial charge on any atom is 0.239 e. The minimum absolute atomic E-state index is 0.0653. The van der Waals surface area contributed by atoms with Crippen LogP contribution in [-0.2, 0) is 9.59 Å². The van der Waals surface area contributed by atoms with Gasteiger partial charge in [-0.25, -0.2) is 0 Å². The molecular formula is C16H21N3O2. The van der Waals surface area contributed by atoms with Crippen LogP contribution in [0.15, 0.2) is 24.3 Å². The number of fused-ring (bicyclic) bond motifs is 1. The van der Waals surface area contributed by atoms with Gasteiger partial charge < -0.3 is 16.0 Å². The summed E-state index contributed by atoms with van der Waals surface area (Å²) < 4.78 is 0. The molecule has 3 rings (SSSR count). The summed E-state index contributed by atoms with van der Waals surface area (Å²) in [7, 11) is 0. The lowest BCUT2D eigenvalue weighted by molar-refractivity contribution is -0.127. The Morgan fingerprint density at radius 2 is 2.05 bits per heavy atom. The van der Waals surface area contributed by atoms with Gasteiger partial charge in [-0.2, -0.15) is 0 Å². The van der Waals surface area contributed by atoms with E-state index in [0.717, 1.165) is 30.5 Å². The number of carbonyl (C=O) groups excluding carboxylic acids is 2. The van der Waals surface area contributed by atoms with Crippen molar-refractivity contribution in [3.8, 4) is 0 Å². The van der Waals surface area contributed by atoms with E-state index in [1.165, 1.54) is 0 Å². The molecule has 2 amide bonds. The second-order valence-electron chi connectivity index (χ2n) is 5.98. The van der Waals surface area contributed by atoms with E-state index < -0.39 is 0 Å². The fourth-order valence-electron chi connectivity index (χ4n) is 2.78. The Morgan fingerprint density at radius 1 is 1.29 bits per heavy atom. The molecule has 5 heteroatoms. The molecule has 5 nitrogen and oxygen atoms in total. The molecule has 0 saturated heterocycles. The number of anilines is 1. The molecule has 2 atom stereocenters. The van der Waals surface area contributed by atoms with Gasteiger partial charge in [-0.15, -0.1) is 0 Å². The lowest BCUT2D eigenvalue weighted by Crippen LogP contribution is -2.41. The van der Waals surface area contributed by atoms with Gasteiger partial charge in [0.1, 0.15) is 0 Å². The third-order valence-electron chi connectivity index (χ3n) is 4.01. The lowest BCUT2D eigenvalue weighted by atomic mass is 9.87. The first-order chi connectivity index (χ1) is 10.1. The highest BCUT2D eigenvalue weighted by atomic mass is 16.2. The van der Waals surface area contributed by atoms with E-state index in [1.54, 1.807) is 0 Å². The topological polar surface area (TPSA) is 70.2 Å². The van der Waals surface area contributed by atoms with Crippen LogP contribution in [0.1, 0.15) is 37.7 Å². The quantitative estimate of drug-likeness (QED) is 0.783. The van der Waals surface area contributed by atoms with Crippen molar-refractivity contribution >= 4 is 17.5 Å². The number of benzene rings is 1. The fourth-order valence-corrected chi connectivity index (χ4v) is 2.78. The molecule has 0 spiro atoms. The Morgan fingerprint density at radius 3 is 2.81 bits per heavy atom. The van der Waals surface area contributed by atoms with Crippen molar-refractivity contribution in [3.63, 3.8) is 0 Å². The summed E-state index contributed by atoms with van der Waals surface area (Å²) in [6.45, 7) is 2.13. The van der Waals surface area contributed by atoms with Gasteiger partial charge >= 0.3 is 0 Å². The van der Waals surface area contributed by atoms with Gasteiger partial charge in [0, 0.05) is 17.8 Å². The van der Waals surface area contributed by atoms with Gasteiger partial charge in [0.25, 0.3) is 0 Å². The van der Waals surface area contributed by atoms with Crippen LogP contribution < -0.4 is 16.0 Å². The number of hydrogen-bond donors (Lipinski definition) is 3. The van der Waals surface area contributed by atoms with Crippen LogP contribution in [0, 0.1) is 0 Å². The van der Waals surface area contributed by atoms with E-state index in [1.807, 2.05) is 24.3 Å². The average Bonchev–Trinajstić information content (AvgIpc) is 3.27. The number of nitrogens with one attached hydrogen (secondary N) is 3. The summed E-state index contributed by atoms with van der Waals surface area (Å²) in [5.41, 5.74) is 2.02. The largest absolute Gasteiger partial charge is 0.382 e. The summed E-state index contributed by atoms with van der Waals surface area (Å²) in [4.78, 5) is 24.0. The Kier molecular flexibility index (Phi) is 3.82. The van der Waals surface area contributed by atoms with Gasteiger partial charge in [-0.1, -0.05) is 18.2 Å². The van der Waals surface area contributed by atoms with Crippen LogP contribution in [0.3, 0.4) is 0 Å². The Balaban J connectivity index is 1.62. The summed E-state index contributed by atoms with van der Waals surface area (Å²) in [6, 6.07) is 8.44. The summed E-state index contributed by atoms with van der Waals surface area (Å²) in [6.07, 6.45) is 2.85. The molecule has 1 heterocycles. The maximum atomic E-state index is 12.4. The van der Waals surface area contributed by atoms with E-state index >= 15 is 0 Å². The minimum Gasteiger partial charge on any atom is -0.382 e. The molecule has 1 aromatic carbocycles. The Bertz CT molecular complexity index is 554. The summed E-state index contributed by atoms with van der Waals surface area (Å²) >= 11 is 0. The lowest BCUT2D eigenvalue weighted by Gasteiger charge is -2.30. The highest BCUT2D eigenvalue weighted by Gasteiger charge is 2.30. The predicted molar refractivity (Wildman–Crippen MR) is 81.1 cm³/mol. The molecule has 2 unspecified atom stereocenters. The first-order valence-corrected chi connectivity index (χ1v) is 7.56. The molecule has 21 heavy (non-hydrogen) atoms. The smallest absolute Gasteiger partial charge is 0.239 e. The predicted octanol–water partition coefficient (Wildman–Crippen LogP) is 1.37. The van der Waals surface area contributed by atoms with E-state index in [-0.39, 0.29) is 30.3 Å². The zero-order chi connectivity index (χ0) is 14.8. The molecule has 0 radical (unpaired) electrons. The Hall–Kier alpha value is -2.04. The number of carbonyl (C=O) groups is 2. The molecular weight excluding hydrogens is 266 g/mol. The minimum atomic E-state index is -0.189. The van der Waals surface area contributed by atoms with E-state index in [9.17, 15) is 9.59 Å². The second kappa shape index (κ2) is 5.76. The van der Waals surface area contributed by atoms with Gasteiger partial charge in [0.2, 0.25) is 11.8 Å². The number of para-hydroxylation sites is 1. The highest BCUT2D eigenvalue weighted by molar-refractivity contribution is 5.90. The van der Waals surface area contributed by atoms with E-state index in [0.29, 0.717) is 6.04 Å². The van der Waals surface area contributed by atoms with Crippen LogP contribution in [0.4, 0.5) is 5.69 Å². The fraction of sp³-hybridized carbons (Fsp3) is 0.500. The van der Waals surface area contributed by atoms with Crippen LogP contribution in [0.25, 0.3) is 0 Å². The van der Waals surface area contributed by atoms with Crippen LogP contribution in [-0.4, -0.2) is 30.4 Å². The third kappa shape index (κ3) is 3.35. The molecule has 0 aromatic heterocycles. The van der Waals surface area contributed by atoms with Gasteiger partial charge in [-0.3, -0.25) is 9.59 Å². The number of rotatable bonds is 4. The van der Waals surface area contributed by atoms with Crippen molar-refractivity contribution in [2.75, 3.05) is 11.9 Å². The van der Waals surface area contributed by atoms with Crippen molar-refractivity contribution in [3.05, 3.63) is 29.8 Å². The molecule has 1 aliphatic carbocycles. The SMILES string of the molecule is CC1CC(C(=O)NCC(=O)NC2CC2)c2ccccc2N1. The maximum absolute atomic E-state index is 12.4. The number of amides is 2. The molecule has 1 saturated carbocycles. The molecule has 0 bridgehead atoms. The molecule has 1 fully saturated rings. The second-order valence-corrected chi connectivity index (χ2v) is 5.98. The van der Waals surface area contributed by atoms with Crippen LogP contribution in [0.5, 0.6) is 0 Å². The monoisotopic (exact) mass is 287 g/mol. The Labute approximate surface area is 124 Å². The van der Waals surface area contributed by atoms with Crippen molar-refractivity contribution in [2.24, 2.45) is 0 Å². The molecule has 1 aliphatic heterocycles. The third-order valence-corrected chi connectivity index (χ3v) is 4.01. The normalized spacial score (nSPS) is 23.7. The zero-order valence-corrected chi connectivity index (χ0v) is 12.2. The van der Waals surface area contributed by atoms with Crippen molar-refractivity contribution in [1.29, 1.82) is 0 Å². The van der Waals surface area contributed by atoms with Crippen LogP contribution >= 0.6 is 0 Å². The highest BCUT2D eigenvalue weighted by Crippen LogP contribution is 2.34. The van der Waals surface area contributed by atoms with Crippen molar-refractivity contribution < 1.29 is 9.59 Å². The van der Waals surface area contributed by atoms with Gasteiger partial charge in [0.05, 0.1) is 12.5 Å². The summed E-state index contributed by atoms with van der Waals surface area (Å²) in [5, 5.41) is 9.03. The van der Waals surface area contributed by atoms with Gasteiger partial charge in [-0.05, 0) is 37.8 Å². The zero-order valence-electron chi connectivity index (χ0n) is 12.2. The van der Waals surface area contributed by atoms with Crippen molar-refractivity contribution in [1.82, 2.24) is 10.6 Å². The number of hydrogen-bond acceptors (Lipinski definition) is 3. The summed E-state index contributed by atoms with van der Waals surface area (Å²) in [5.74, 6) is -0.353. The first kappa shape index (κ1) is 13.9. The molecule has 3 N–H and O–H groups in total. The molecule has 112 valence electrons. The van der Waals surface area contributed by atoms with Crippen LogP contribution in [0.2, 0.25) is 0 Å². The standard InChI is InChI=1S/C16H21N3O2/c1-10-8-13(12-4-2-3-5-14(12)18-10)16(21)17-9-15(20)19-11-6-7-11/h2-5,10-11,13,18H,6-9H2,1H3,(H,17,21)(H,19,20). The van der Waals surface area contributed by atoms with E-state index in [4.69, 9.17) is 0 Å². The van der Waals surface area contributed by atoms with E-state index in [2.05, 4.69) is 22.9 Å². The average molecular weight is 287 g/mol.